The van der Waals surface area contributed by atoms with Gasteiger partial charge in [0.05, 0.1) is 23.1 Å². The van der Waals surface area contributed by atoms with Crippen LogP contribution in [0.2, 0.25) is 0 Å². The van der Waals surface area contributed by atoms with Crippen molar-refractivity contribution in [3.05, 3.63) is 61.1 Å². The molecule has 3 heterocycles. The number of aromatic nitrogens is 4. The molecule has 0 saturated heterocycles. The molecular weight excluding hydrogens is 360 g/mol. The zero-order valence-electron chi connectivity index (χ0n) is 16.9. The molecule has 0 amide bonds. The molecular formula is C23H24N6. The Kier molecular flexibility index (Phi) is 3.94. The zero-order chi connectivity index (χ0) is 20.1. The lowest BCUT2D eigenvalue weighted by molar-refractivity contribution is 0.767. The average Bonchev–Trinajstić information content (AvgIpc) is 3.21. The van der Waals surface area contributed by atoms with Crippen LogP contribution in [0, 0.1) is 0 Å². The molecule has 0 radical (unpaired) electrons. The summed E-state index contributed by atoms with van der Waals surface area (Å²) in [6.45, 7) is 6.33. The Labute approximate surface area is 169 Å². The summed E-state index contributed by atoms with van der Waals surface area (Å²) in [4.78, 5) is 0. The van der Waals surface area contributed by atoms with E-state index in [4.69, 9.17) is 5.10 Å². The van der Waals surface area contributed by atoms with Gasteiger partial charge in [0, 0.05) is 55.0 Å². The summed E-state index contributed by atoms with van der Waals surface area (Å²) >= 11 is 0. The Bertz CT molecular complexity index is 1250. The molecule has 6 heteroatoms. The number of benzene rings is 2. The van der Waals surface area contributed by atoms with E-state index in [9.17, 15) is 0 Å². The van der Waals surface area contributed by atoms with Crippen LogP contribution in [0.4, 0.5) is 11.4 Å². The molecule has 5 rings (SSSR count). The van der Waals surface area contributed by atoms with E-state index in [-0.39, 0.29) is 0 Å². The van der Waals surface area contributed by atoms with Gasteiger partial charge in [0.2, 0.25) is 0 Å². The van der Waals surface area contributed by atoms with Gasteiger partial charge in [-0.3, -0.25) is 9.36 Å². The summed E-state index contributed by atoms with van der Waals surface area (Å²) in [6, 6.07) is 13.2. The summed E-state index contributed by atoms with van der Waals surface area (Å²) in [5.74, 6) is 0. The molecule has 6 nitrogen and oxygen atoms in total. The normalized spacial score (nSPS) is 16.2. The molecule has 0 bridgehead atoms. The summed E-state index contributed by atoms with van der Waals surface area (Å²) < 4.78 is 3.74. The van der Waals surface area contributed by atoms with Crippen molar-refractivity contribution in [3.63, 3.8) is 0 Å². The van der Waals surface area contributed by atoms with Crippen LogP contribution in [0.1, 0.15) is 13.3 Å². The quantitative estimate of drug-likeness (QED) is 0.523. The van der Waals surface area contributed by atoms with Gasteiger partial charge in [0.25, 0.3) is 0 Å². The first-order valence-electron chi connectivity index (χ1n) is 9.80. The molecule has 1 unspecified atom stereocenters. The van der Waals surface area contributed by atoms with Gasteiger partial charge in [-0.15, -0.1) is 0 Å². The van der Waals surface area contributed by atoms with E-state index in [1.165, 1.54) is 5.56 Å². The molecule has 1 aliphatic heterocycles. The third-order valence-electron chi connectivity index (χ3n) is 5.46. The first-order valence-corrected chi connectivity index (χ1v) is 9.80. The molecule has 2 N–H and O–H groups in total. The molecule has 0 fully saturated rings. The second-order valence-corrected chi connectivity index (χ2v) is 7.81. The van der Waals surface area contributed by atoms with Crippen molar-refractivity contribution >= 4 is 22.3 Å². The maximum Gasteiger partial charge on any atom is 0.103 e. The Morgan fingerprint density at radius 2 is 2.00 bits per heavy atom. The van der Waals surface area contributed by atoms with Crippen LogP contribution in [-0.2, 0) is 14.1 Å². The molecule has 2 aromatic carbocycles. The van der Waals surface area contributed by atoms with E-state index < -0.39 is 0 Å². The van der Waals surface area contributed by atoms with Gasteiger partial charge in [-0.1, -0.05) is 24.8 Å². The van der Waals surface area contributed by atoms with Gasteiger partial charge in [-0.2, -0.15) is 10.2 Å². The first-order chi connectivity index (χ1) is 14.0. The minimum absolute atomic E-state index is 0.311. The second kappa shape index (κ2) is 6.51. The molecule has 1 atom stereocenters. The monoisotopic (exact) mass is 384 g/mol. The van der Waals surface area contributed by atoms with E-state index in [2.05, 4.69) is 65.6 Å². The third kappa shape index (κ3) is 2.97. The van der Waals surface area contributed by atoms with E-state index in [1.807, 2.05) is 31.2 Å². The van der Waals surface area contributed by atoms with Gasteiger partial charge < -0.3 is 10.6 Å². The number of nitrogens with zero attached hydrogens (tertiary/aromatic N) is 4. The standard InChI is InChI=1S/C23H24N6/c1-14-10-15(2)26-23-18(6-5-7-20(23)25-14)16-8-9-21-19(11-16)22(27-29(21)4)17-12-24-28(3)13-17/h5-9,11-13,15,25-26H,1,10H2,2-4H3. The van der Waals surface area contributed by atoms with Gasteiger partial charge >= 0.3 is 0 Å². The maximum atomic E-state index is 4.76. The molecule has 29 heavy (non-hydrogen) atoms. The minimum Gasteiger partial charge on any atom is -0.380 e. The molecule has 1 aliphatic rings. The first kappa shape index (κ1) is 17.6. The van der Waals surface area contributed by atoms with Crippen molar-refractivity contribution in [1.82, 2.24) is 19.6 Å². The van der Waals surface area contributed by atoms with Crippen LogP contribution in [-0.4, -0.2) is 25.6 Å². The molecule has 4 aromatic rings. The minimum atomic E-state index is 0.311. The SMILES string of the molecule is C=C1CC(C)Nc2c(cccc2-c2ccc3c(c2)c(-c2cnn(C)c2)nn3C)N1. The van der Waals surface area contributed by atoms with Gasteiger partial charge in [-0.05, 0) is 30.7 Å². The summed E-state index contributed by atoms with van der Waals surface area (Å²) in [5, 5.41) is 17.3. The van der Waals surface area contributed by atoms with Crippen LogP contribution >= 0.6 is 0 Å². The van der Waals surface area contributed by atoms with Crippen LogP contribution in [0.15, 0.2) is 61.1 Å². The highest BCUT2D eigenvalue weighted by Gasteiger charge is 2.19. The zero-order valence-corrected chi connectivity index (χ0v) is 16.9. The fourth-order valence-electron chi connectivity index (χ4n) is 4.15. The molecule has 2 aromatic heterocycles. The predicted octanol–water partition coefficient (Wildman–Crippen LogP) is 4.77. The van der Waals surface area contributed by atoms with E-state index >= 15 is 0 Å². The maximum absolute atomic E-state index is 4.76. The van der Waals surface area contributed by atoms with E-state index in [0.29, 0.717) is 6.04 Å². The van der Waals surface area contributed by atoms with Crippen LogP contribution in [0.25, 0.3) is 33.3 Å². The highest BCUT2D eigenvalue weighted by molar-refractivity contribution is 5.98. The van der Waals surface area contributed by atoms with Crippen molar-refractivity contribution in [3.8, 4) is 22.4 Å². The highest BCUT2D eigenvalue weighted by atomic mass is 15.3. The topological polar surface area (TPSA) is 59.7 Å². The summed E-state index contributed by atoms with van der Waals surface area (Å²) in [5.41, 5.74) is 8.60. The smallest absolute Gasteiger partial charge is 0.103 e. The van der Waals surface area contributed by atoms with Crippen LogP contribution in [0.5, 0.6) is 0 Å². The molecule has 0 saturated carbocycles. The Morgan fingerprint density at radius 1 is 1.14 bits per heavy atom. The highest BCUT2D eigenvalue weighted by Crippen LogP contribution is 2.39. The molecule has 0 spiro atoms. The van der Waals surface area contributed by atoms with Crippen molar-refractivity contribution in [2.24, 2.45) is 14.1 Å². The van der Waals surface area contributed by atoms with Crippen molar-refractivity contribution in [2.75, 3.05) is 10.6 Å². The second-order valence-electron chi connectivity index (χ2n) is 7.81. The molecule has 0 aliphatic carbocycles. The van der Waals surface area contributed by atoms with Gasteiger partial charge in [0.1, 0.15) is 5.69 Å². The Morgan fingerprint density at radius 3 is 2.79 bits per heavy atom. The number of aryl methyl sites for hydroxylation is 2. The third-order valence-corrected chi connectivity index (χ3v) is 5.46. The fourth-order valence-corrected chi connectivity index (χ4v) is 4.15. The number of hydrogen-bond acceptors (Lipinski definition) is 4. The predicted molar refractivity (Wildman–Crippen MR) is 119 cm³/mol. The van der Waals surface area contributed by atoms with Crippen LogP contribution in [0.3, 0.4) is 0 Å². The van der Waals surface area contributed by atoms with Crippen molar-refractivity contribution < 1.29 is 0 Å². The average molecular weight is 384 g/mol. The lowest BCUT2D eigenvalue weighted by atomic mass is 9.99. The van der Waals surface area contributed by atoms with Gasteiger partial charge in [-0.25, -0.2) is 0 Å². The largest absolute Gasteiger partial charge is 0.380 e. The molecule has 146 valence electrons. The number of anilines is 2. The lowest BCUT2D eigenvalue weighted by Crippen LogP contribution is -2.14. The Balaban J connectivity index is 1.69. The van der Waals surface area contributed by atoms with Crippen LogP contribution < -0.4 is 10.6 Å². The van der Waals surface area contributed by atoms with E-state index in [0.717, 1.165) is 51.2 Å². The lowest BCUT2D eigenvalue weighted by Gasteiger charge is -2.17. The fraction of sp³-hybridized carbons (Fsp3) is 0.217. The number of rotatable bonds is 2. The van der Waals surface area contributed by atoms with Crippen molar-refractivity contribution in [1.29, 1.82) is 0 Å². The summed E-state index contributed by atoms with van der Waals surface area (Å²) in [7, 11) is 3.90. The van der Waals surface area contributed by atoms with Gasteiger partial charge in [0.15, 0.2) is 0 Å². The number of fused-ring (bicyclic) bond motifs is 2. The summed E-state index contributed by atoms with van der Waals surface area (Å²) in [6.07, 6.45) is 4.75. The van der Waals surface area contributed by atoms with E-state index in [1.54, 1.807) is 4.68 Å². The Hall–Kier alpha value is -3.54. The number of nitrogens with one attached hydrogen (secondary N) is 2. The van der Waals surface area contributed by atoms with Crippen molar-refractivity contribution in [2.45, 2.75) is 19.4 Å². The number of hydrogen-bond donors (Lipinski definition) is 2. The number of para-hydroxylation sites is 1.